The van der Waals surface area contributed by atoms with Crippen LogP contribution in [0.25, 0.3) is 0 Å². The van der Waals surface area contributed by atoms with E-state index >= 15 is 0 Å². The summed E-state index contributed by atoms with van der Waals surface area (Å²) in [6, 6.07) is 9.19. The number of primary amides is 1. The standard InChI is InChI=1S/C15H13F2NO3/c16-11-2-1-3-12(17)14(11)13(19)8-21-10-6-4-9(5-7-10)15(18)20/h1-7,13,19H,8H2,(H2,18,20). The first-order chi connectivity index (χ1) is 9.99. The number of aliphatic hydroxyl groups excluding tert-OH is 1. The zero-order valence-corrected chi connectivity index (χ0v) is 10.9. The van der Waals surface area contributed by atoms with Crippen LogP contribution in [0.3, 0.4) is 0 Å². The molecule has 0 aliphatic heterocycles. The second-order valence-corrected chi connectivity index (χ2v) is 4.35. The van der Waals surface area contributed by atoms with E-state index in [9.17, 15) is 18.7 Å². The molecule has 2 aromatic carbocycles. The highest BCUT2D eigenvalue weighted by Gasteiger charge is 2.18. The predicted molar refractivity (Wildman–Crippen MR) is 71.8 cm³/mol. The molecule has 1 atom stereocenters. The van der Waals surface area contributed by atoms with E-state index in [0.29, 0.717) is 11.3 Å². The Balaban J connectivity index is 2.04. The third-order valence-electron chi connectivity index (χ3n) is 2.88. The molecule has 0 spiro atoms. The molecule has 0 aliphatic carbocycles. The van der Waals surface area contributed by atoms with Crippen molar-refractivity contribution in [3.8, 4) is 5.75 Å². The topological polar surface area (TPSA) is 72.6 Å². The Kier molecular flexibility index (Phi) is 4.49. The van der Waals surface area contributed by atoms with Crippen LogP contribution in [0.2, 0.25) is 0 Å². The number of nitrogens with two attached hydrogens (primary N) is 1. The highest BCUT2D eigenvalue weighted by atomic mass is 19.1. The summed E-state index contributed by atoms with van der Waals surface area (Å²) in [6.45, 7) is -0.326. The van der Waals surface area contributed by atoms with Gasteiger partial charge in [-0.15, -0.1) is 0 Å². The number of amides is 1. The maximum atomic E-state index is 13.5. The smallest absolute Gasteiger partial charge is 0.248 e. The highest BCUT2D eigenvalue weighted by Crippen LogP contribution is 2.22. The minimum absolute atomic E-state index is 0.308. The van der Waals surface area contributed by atoms with Gasteiger partial charge < -0.3 is 15.6 Å². The van der Waals surface area contributed by atoms with Crippen LogP contribution in [0.4, 0.5) is 8.78 Å². The second kappa shape index (κ2) is 6.32. The molecular weight excluding hydrogens is 280 g/mol. The Labute approximate surface area is 119 Å². The average molecular weight is 293 g/mol. The fourth-order valence-corrected chi connectivity index (χ4v) is 1.80. The molecule has 0 radical (unpaired) electrons. The molecule has 6 heteroatoms. The molecule has 0 heterocycles. The van der Waals surface area contributed by atoms with Crippen LogP contribution in [-0.2, 0) is 0 Å². The summed E-state index contributed by atoms with van der Waals surface area (Å²) < 4.78 is 32.2. The monoisotopic (exact) mass is 293 g/mol. The molecule has 0 aliphatic rings. The van der Waals surface area contributed by atoms with Crippen LogP contribution in [0.1, 0.15) is 22.0 Å². The van der Waals surface area contributed by atoms with Gasteiger partial charge in [0.25, 0.3) is 0 Å². The van der Waals surface area contributed by atoms with Crippen molar-refractivity contribution in [2.75, 3.05) is 6.61 Å². The van der Waals surface area contributed by atoms with Crippen LogP contribution in [0, 0.1) is 11.6 Å². The molecule has 4 nitrogen and oxygen atoms in total. The van der Waals surface area contributed by atoms with E-state index in [-0.39, 0.29) is 6.61 Å². The van der Waals surface area contributed by atoms with Gasteiger partial charge in [-0.05, 0) is 36.4 Å². The second-order valence-electron chi connectivity index (χ2n) is 4.35. The number of ether oxygens (including phenoxy) is 1. The Hall–Kier alpha value is -2.47. The molecule has 2 aromatic rings. The largest absolute Gasteiger partial charge is 0.491 e. The average Bonchev–Trinajstić information content (AvgIpc) is 2.45. The number of rotatable bonds is 5. The molecule has 0 saturated carbocycles. The molecule has 21 heavy (non-hydrogen) atoms. The van der Waals surface area contributed by atoms with Crippen molar-refractivity contribution in [2.45, 2.75) is 6.10 Å². The summed E-state index contributed by atoms with van der Waals surface area (Å²) in [7, 11) is 0. The molecule has 0 fully saturated rings. The lowest BCUT2D eigenvalue weighted by atomic mass is 10.1. The third-order valence-corrected chi connectivity index (χ3v) is 2.88. The van der Waals surface area contributed by atoms with E-state index < -0.39 is 29.2 Å². The van der Waals surface area contributed by atoms with Gasteiger partial charge in [0.15, 0.2) is 0 Å². The van der Waals surface area contributed by atoms with Crippen molar-refractivity contribution in [3.63, 3.8) is 0 Å². The maximum Gasteiger partial charge on any atom is 0.248 e. The molecule has 110 valence electrons. The van der Waals surface area contributed by atoms with Gasteiger partial charge in [0, 0.05) is 5.56 Å². The maximum absolute atomic E-state index is 13.5. The molecular formula is C15H13F2NO3. The Morgan fingerprint density at radius 2 is 1.71 bits per heavy atom. The van der Waals surface area contributed by atoms with Gasteiger partial charge in [0.1, 0.15) is 30.1 Å². The minimum Gasteiger partial charge on any atom is -0.491 e. The summed E-state index contributed by atoms with van der Waals surface area (Å²) in [5.74, 6) is -1.91. The third kappa shape index (κ3) is 3.55. The summed E-state index contributed by atoms with van der Waals surface area (Å²) >= 11 is 0. The lowest BCUT2D eigenvalue weighted by molar-refractivity contribution is 0.0994. The fraction of sp³-hybridized carbons (Fsp3) is 0.133. The number of hydrogen-bond donors (Lipinski definition) is 2. The van der Waals surface area contributed by atoms with Gasteiger partial charge in [-0.25, -0.2) is 8.78 Å². The zero-order chi connectivity index (χ0) is 15.4. The Bertz CT molecular complexity index is 624. The van der Waals surface area contributed by atoms with Gasteiger partial charge in [-0.2, -0.15) is 0 Å². The lowest BCUT2D eigenvalue weighted by Gasteiger charge is -2.14. The van der Waals surface area contributed by atoms with E-state index in [1.165, 1.54) is 30.3 Å². The Morgan fingerprint density at radius 1 is 1.14 bits per heavy atom. The van der Waals surface area contributed by atoms with E-state index in [0.717, 1.165) is 12.1 Å². The number of halogens is 2. The first-order valence-electron chi connectivity index (χ1n) is 6.13. The van der Waals surface area contributed by atoms with Crippen molar-refractivity contribution in [1.82, 2.24) is 0 Å². The number of carbonyl (C=O) groups is 1. The number of benzene rings is 2. The van der Waals surface area contributed by atoms with E-state index in [2.05, 4.69) is 0 Å². The van der Waals surface area contributed by atoms with Crippen LogP contribution in [0.15, 0.2) is 42.5 Å². The lowest BCUT2D eigenvalue weighted by Crippen LogP contribution is -2.13. The van der Waals surface area contributed by atoms with Gasteiger partial charge in [-0.3, -0.25) is 4.79 Å². The first-order valence-corrected chi connectivity index (χ1v) is 6.13. The van der Waals surface area contributed by atoms with Crippen molar-refractivity contribution in [1.29, 1.82) is 0 Å². The van der Waals surface area contributed by atoms with Crippen LogP contribution in [0.5, 0.6) is 5.75 Å². The molecule has 1 amide bonds. The molecule has 0 saturated heterocycles. The van der Waals surface area contributed by atoms with E-state index in [1.807, 2.05) is 0 Å². The number of carbonyl (C=O) groups excluding carboxylic acids is 1. The SMILES string of the molecule is NC(=O)c1ccc(OCC(O)c2c(F)cccc2F)cc1. The molecule has 3 N–H and O–H groups in total. The highest BCUT2D eigenvalue weighted by molar-refractivity contribution is 5.92. The van der Waals surface area contributed by atoms with Crippen LogP contribution >= 0.6 is 0 Å². The van der Waals surface area contributed by atoms with Gasteiger partial charge in [-0.1, -0.05) is 6.07 Å². The quantitative estimate of drug-likeness (QED) is 0.887. The van der Waals surface area contributed by atoms with Gasteiger partial charge in [0.05, 0.1) is 5.56 Å². The summed E-state index contributed by atoms with van der Waals surface area (Å²) in [5.41, 5.74) is 4.96. The number of aliphatic hydroxyl groups is 1. The number of hydrogen-bond acceptors (Lipinski definition) is 3. The fourth-order valence-electron chi connectivity index (χ4n) is 1.80. The normalized spacial score (nSPS) is 12.0. The minimum atomic E-state index is -1.44. The van der Waals surface area contributed by atoms with Crippen LogP contribution < -0.4 is 10.5 Å². The van der Waals surface area contributed by atoms with Crippen molar-refractivity contribution in [3.05, 3.63) is 65.2 Å². The van der Waals surface area contributed by atoms with Crippen molar-refractivity contribution < 1.29 is 23.4 Å². The van der Waals surface area contributed by atoms with Crippen LogP contribution in [-0.4, -0.2) is 17.6 Å². The van der Waals surface area contributed by atoms with Crippen molar-refractivity contribution >= 4 is 5.91 Å². The van der Waals surface area contributed by atoms with E-state index in [4.69, 9.17) is 10.5 Å². The van der Waals surface area contributed by atoms with Gasteiger partial charge >= 0.3 is 0 Å². The van der Waals surface area contributed by atoms with E-state index in [1.54, 1.807) is 0 Å². The first kappa shape index (κ1) is 14.9. The molecule has 0 aromatic heterocycles. The molecule has 2 rings (SSSR count). The van der Waals surface area contributed by atoms with Crippen molar-refractivity contribution in [2.24, 2.45) is 5.73 Å². The predicted octanol–water partition coefficient (Wildman–Crippen LogP) is 2.18. The summed E-state index contributed by atoms with van der Waals surface area (Å²) in [6.07, 6.45) is -1.44. The zero-order valence-electron chi connectivity index (χ0n) is 10.9. The molecule has 0 bridgehead atoms. The summed E-state index contributed by atoms with van der Waals surface area (Å²) in [4.78, 5) is 10.9. The van der Waals surface area contributed by atoms with Gasteiger partial charge in [0.2, 0.25) is 5.91 Å². The molecule has 1 unspecified atom stereocenters. The summed E-state index contributed by atoms with van der Waals surface area (Å²) in [5, 5.41) is 9.81. The Morgan fingerprint density at radius 3 is 2.24 bits per heavy atom.